The lowest BCUT2D eigenvalue weighted by Gasteiger charge is -2.32. The van der Waals surface area contributed by atoms with Crippen LogP contribution in [0, 0.1) is 34.9 Å². The van der Waals surface area contributed by atoms with Gasteiger partial charge < -0.3 is 5.11 Å². The van der Waals surface area contributed by atoms with Crippen molar-refractivity contribution < 1.29 is 36.2 Å². The Bertz CT molecular complexity index is 1530. The molecule has 4 aromatic rings. The molecule has 2 atom stereocenters. The molecule has 14 heteroatoms. The van der Waals surface area contributed by atoms with Crippen molar-refractivity contribution in [2.75, 3.05) is 11.8 Å². The van der Waals surface area contributed by atoms with Crippen LogP contribution in [-0.4, -0.2) is 42.6 Å². The van der Waals surface area contributed by atoms with E-state index in [1.807, 2.05) is 0 Å². The number of carbonyl (C=O) groups is 1. The first-order valence-corrected chi connectivity index (χ1v) is 12.8. The number of hydrogen-bond donors (Lipinski definition) is 1. The van der Waals surface area contributed by atoms with E-state index in [9.17, 15) is 36.2 Å². The van der Waals surface area contributed by atoms with Crippen LogP contribution >= 0.6 is 23.2 Å². The highest BCUT2D eigenvalue weighted by Crippen LogP contribution is 2.39. The van der Waals surface area contributed by atoms with Gasteiger partial charge in [0.05, 0.1) is 35.4 Å². The second-order valence-electron chi connectivity index (χ2n) is 8.30. The molecule has 0 spiro atoms. The fraction of sp³-hybridized carbons (Fsp3) is 0.179. The maximum Gasteiger partial charge on any atom is 0.180 e. The topological polar surface area (TPSA) is 88.9 Å². The van der Waals surface area contributed by atoms with Crippen LogP contribution in [0.5, 0.6) is 0 Å². The highest BCUT2D eigenvalue weighted by Gasteiger charge is 2.40. The lowest BCUT2D eigenvalue weighted by Crippen LogP contribution is -2.36. The van der Waals surface area contributed by atoms with E-state index in [1.54, 1.807) is 0 Å². The molecule has 0 saturated carbocycles. The van der Waals surface area contributed by atoms with Gasteiger partial charge in [0.1, 0.15) is 47.2 Å². The first kappa shape index (κ1) is 34.3. The van der Waals surface area contributed by atoms with Gasteiger partial charge in [0, 0.05) is 23.6 Å². The molecule has 2 aromatic heterocycles. The molecule has 2 heterocycles. The van der Waals surface area contributed by atoms with Gasteiger partial charge in [-0.15, -0.1) is 23.2 Å². The average Bonchev–Trinajstić information content (AvgIpc) is 2.97. The van der Waals surface area contributed by atoms with E-state index < -0.39 is 58.1 Å². The maximum atomic E-state index is 13.9. The van der Waals surface area contributed by atoms with Crippen LogP contribution in [0.25, 0.3) is 6.08 Å². The van der Waals surface area contributed by atoms with Crippen molar-refractivity contribution in [2.45, 2.75) is 18.4 Å². The molecular formula is C28H22Cl2F6N4O2. The number of carbonyl (C=O) groups excluding carboxylic acids is 1. The quantitative estimate of drug-likeness (QED) is 0.138. The van der Waals surface area contributed by atoms with Crippen molar-refractivity contribution in [1.82, 2.24) is 19.9 Å². The highest BCUT2D eigenvalue weighted by atomic mass is 35.5. The first-order valence-electron chi connectivity index (χ1n) is 11.7. The molecule has 0 bridgehead atoms. The molecule has 1 N–H and O–H groups in total. The van der Waals surface area contributed by atoms with Crippen molar-refractivity contribution >= 4 is 35.1 Å². The second kappa shape index (κ2) is 15.9. The van der Waals surface area contributed by atoms with Gasteiger partial charge in [0.25, 0.3) is 0 Å². The summed E-state index contributed by atoms with van der Waals surface area (Å²) in [6, 6.07) is 5.47. The Morgan fingerprint density at radius 3 is 1.95 bits per heavy atom. The van der Waals surface area contributed by atoms with Crippen LogP contribution in [0.2, 0.25) is 0 Å². The van der Waals surface area contributed by atoms with E-state index in [1.165, 1.54) is 19.3 Å². The van der Waals surface area contributed by atoms with E-state index in [0.29, 0.717) is 12.1 Å². The van der Waals surface area contributed by atoms with Crippen LogP contribution in [0.1, 0.15) is 40.2 Å². The number of ketones is 1. The number of aromatic nitrogens is 4. The van der Waals surface area contributed by atoms with Crippen LogP contribution in [0.15, 0.2) is 68.0 Å². The molecule has 6 nitrogen and oxygen atoms in total. The first-order chi connectivity index (χ1) is 19.9. The molecule has 0 radical (unpaired) electrons. The van der Waals surface area contributed by atoms with E-state index in [4.69, 9.17) is 23.2 Å². The summed E-state index contributed by atoms with van der Waals surface area (Å²) < 4.78 is 78.2. The molecule has 0 fully saturated rings. The molecular weight excluding hydrogens is 609 g/mol. The van der Waals surface area contributed by atoms with Crippen molar-refractivity contribution in [3.8, 4) is 0 Å². The number of rotatable bonds is 7. The van der Waals surface area contributed by atoms with Gasteiger partial charge in [0.2, 0.25) is 0 Å². The van der Waals surface area contributed by atoms with Crippen LogP contribution in [0.3, 0.4) is 0 Å². The molecule has 0 aliphatic heterocycles. The Balaban J connectivity index is 0.000000247. The average molecular weight is 631 g/mol. The fourth-order valence-electron chi connectivity index (χ4n) is 3.39. The number of hydrogen-bond acceptors (Lipinski definition) is 6. The number of nitrogens with zero attached hydrogens (tertiary/aromatic N) is 4. The van der Waals surface area contributed by atoms with E-state index in [-0.39, 0.29) is 28.4 Å². The Kier molecular flexibility index (Phi) is 13.0. The van der Waals surface area contributed by atoms with Crippen molar-refractivity contribution in [3.63, 3.8) is 0 Å². The summed E-state index contributed by atoms with van der Waals surface area (Å²) in [5.41, 5.74) is -2.19. The SMILES string of the molecule is C=Cc1ncncc1F.C[C@@H](c1ncncc1F)[C@](O)(CCl)c1ccc(F)cc1F.O=C(CCl)c1ccc(F)cc1F. The van der Waals surface area contributed by atoms with E-state index >= 15 is 0 Å². The summed E-state index contributed by atoms with van der Waals surface area (Å²) in [7, 11) is 0. The van der Waals surface area contributed by atoms with Gasteiger partial charge in [-0.1, -0.05) is 19.6 Å². The van der Waals surface area contributed by atoms with Gasteiger partial charge in [-0.25, -0.2) is 46.3 Å². The monoisotopic (exact) mass is 630 g/mol. The van der Waals surface area contributed by atoms with Gasteiger partial charge in [0.15, 0.2) is 17.4 Å². The highest BCUT2D eigenvalue weighted by molar-refractivity contribution is 6.30. The number of benzene rings is 2. The standard InChI is InChI=1S/C14H12ClF3N2O.C8H5ClF2O.C6H5FN2/c1-8(13-12(18)5-19-7-20-13)14(21,6-15)10-3-2-9(16)4-11(10)17;9-4-8(12)6-2-1-5(10)3-7(6)11;1-2-6-5(7)3-8-4-9-6/h2-5,7-8,21H,6H2,1H3;1-3H,4H2;2-4H,1H2/t8-,14+;;/m0../s1. The van der Waals surface area contributed by atoms with E-state index in [0.717, 1.165) is 43.0 Å². The Morgan fingerprint density at radius 2 is 1.48 bits per heavy atom. The predicted octanol–water partition coefficient (Wildman–Crippen LogP) is 6.77. The normalized spacial score (nSPS) is 12.5. The number of aliphatic hydroxyl groups is 1. The third-order valence-corrected chi connectivity index (χ3v) is 6.32. The number of halogens is 8. The van der Waals surface area contributed by atoms with Crippen LogP contribution in [0.4, 0.5) is 26.3 Å². The summed E-state index contributed by atoms with van der Waals surface area (Å²) in [5, 5.41) is 10.7. The summed E-state index contributed by atoms with van der Waals surface area (Å²) in [4.78, 5) is 25.2. The zero-order chi connectivity index (χ0) is 31.4. The zero-order valence-electron chi connectivity index (χ0n) is 21.7. The Hall–Kier alpha value is -3.87. The summed E-state index contributed by atoms with van der Waals surface area (Å²) in [6.07, 6.45) is 5.78. The Labute approximate surface area is 246 Å². The molecule has 0 aliphatic carbocycles. The lowest BCUT2D eigenvalue weighted by atomic mass is 9.81. The van der Waals surface area contributed by atoms with Gasteiger partial charge in [-0.2, -0.15) is 0 Å². The number of Topliss-reactive ketones (excluding diaryl/α,β-unsaturated/α-hetero) is 1. The lowest BCUT2D eigenvalue weighted by molar-refractivity contribution is 0.0299. The third kappa shape index (κ3) is 8.81. The molecule has 0 unspecified atom stereocenters. The molecule has 0 saturated heterocycles. The second-order valence-corrected chi connectivity index (χ2v) is 8.84. The third-order valence-electron chi connectivity index (χ3n) is 5.67. The van der Waals surface area contributed by atoms with Gasteiger partial charge in [-0.05, 0) is 24.3 Å². The largest absolute Gasteiger partial charge is 0.383 e. The molecule has 222 valence electrons. The van der Waals surface area contributed by atoms with Crippen LogP contribution < -0.4 is 0 Å². The van der Waals surface area contributed by atoms with Crippen molar-refractivity contribution in [1.29, 1.82) is 0 Å². The summed E-state index contributed by atoms with van der Waals surface area (Å²) in [6.45, 7) is 4.82. The fourth-order valence-corrected chi connectivity index (χ4v) is 3.91. The Morgan fingerprint density at radius 1 is 0.905 bits per heavy atom. The van der Waals surface area contributed by atoms with Crippen molar-refractivity contribution in [2.24, 2.45) is 0 Å². The molecule has 0 amide bonds. The molecule has 2 aromatic carbocycles. The molecule has 42 heavy (non-hydrogen) atoms. The van der Waals surface area contributed by atoms with Gasteiger partial charge >= 0.3 is 0 Å². The summed E-state index contributed by atoms with van der Waals surface area (Å²) in [5.74, 6) is -6.73. The van der Waals surface area contributed by atoms with Gasteiger partial charge in [-0.3, -0.25) is 4.79 Å². The number of alkyl halides is 2. The van der Waals surface area contributed by atoms with Crippen molar-refractivity contribution in [3.05, 3.63) is 125 Å². The zero-order valence-corrected chi connectivity index (χ0v) is 23.2. The van der Waals surface area contributed by atoms with E-state index in [2.05, 4.69) is 26.5 Å². The maximum absolute atomic E-state index is 13.9. The smallest absolute Gasteiger partial charge is 0.180 e. The molecule has 4 rings (SSSR count). The minimum absolute atomic E-state index is 0.100. The molecule has 0 aliphatic rings. The predicted molar refractivity (Wildman–Crippen MR) is 145 cm³/mol. The minimum atomic E-state index is -1.94. The summed E-state index contributed by atoms with van der Waals surface area (Å²) >= 11 is 11.0. The minimum Gasteiger partial charge on any atom is -0.383 e. The van der Waals surface area contributed by atoms with Crippen LogP contribution in [-0.2, 0) is 5.60 Å².